The number of ketones is 1. The minimum absolute atomic E-state index is 0.0491. The lowest BCUT2D eigenvalue weighted by molar-refractivity contribution is -0.135. The topological polar surface area (TPSA) is 126 Å². The van der Waals surface area contributed by atoms with Crippen molar-refractivity contribution >= 4 is 40.0 Å². The average Bonchev–Trinajstić information content (AvgIpc) is 3.19. The lowest BCUT2D eigenvalue weighted by atomic mass is 10.1. The summed E-state index contributed by atoms with van der Waals surface area (Å²) in [7, 11) is 0. The molecule has 280 valence electrons. The Bertz CT molecular complexity index is 2150. The van der Waals surface area contributed by atoms with Crippen molar-refractivity contribution < 1.29 is 19.1 Å². The smallest absolute Gasteiger partial charge is 0.266 e. The minimum atomic E-state index is -0.247. The van der Waals surface area contributed by atoms with E-state index in [2.05, 4.69) is 24.7 Å². The molecular formula is C40H43ClN8O5. The third kappa shape index (κ3) is 8.70. The van der Waals surface area contributed by atoms with Gasteiger partial charge in [-0.15, -0.1) is 0 Å². The molecule has 0 spiro atoms. The maximum Gasteiger partial charge on any atom is 0.266 e. The highest BCUT2D eigenvalue weighted by atomic mass is 35.5. The monoisotopic (exact) mass is 750 g/mol. The highest BCUT2D eigenvalue weighted by molar-refractivity contribution is 6.30. The molecule has 2 saturated heterocycles. The Labute approximate surface area is 318 Å². The molecule has 7 rings (SSSR count). The summed E-state index contributed by atoms with van der Waals surface area (Å²) in [6, 6.07) is 21.4. The maximum absolute atomic E-state index is 14.4. The van der Waals surface area contributed by atoms with Gasteiger partial charge in [0.05, 0.1) is 35.8 Å². The number of piperazine rings is 2. The van der Waals surface area contributed by atoms with E-state index in [0.29, 0.717) is 90.3 Å². The van der Waals surface area contributed by atoms with E-state index in [4.69, 9.17) is 26.1 Å². The van der Waals surface area contributed by atoms with Gasteiger partial charge in [0.1, 0.15) is 29.5 Å². The number of amides is 1. The predicted molar refractivity (Wildman–Crippen MR) is 207 cm³/mol. The number of hydrogen-bond acceptors (Lipinski definition) is 11. The Kier molecular flexibility index (Phi) is 11.5. The molecule has 0 bridgehead atoms. The molecule has 0 N–H and O–H groups in total. The molecule has 2 fully saturated rings. The summed E-state index contributed by atoms with van der Waals surface area (Å²) < 4.78 is 13.5. The number of hydrogen-bond donors (Lipinski definition) is 0. The van der Waals surface area contributed by atoms with Gasteiger partial charge in [0.25, 0.3) is 11.5 Å². The van der Waals surface area contributed by atoms with Gasteiger partial charge in [-0.25, -0.2) is 15.0 Å². The van der Waals surface area contributed by atoms with E-state index in [1.165, 1.54) is 0 Å². The standard InChI is InChI=1S/C40H43ClN8O5/c1-28(2)54-36-12-7-29(35(50)24-45-15-19-47(20-16-45)37-13-14-42-27-43-37)23-34(36)49-38(44-33-6-4-3-5-32(33)40(49)52)25-46-17-21-48(22-18-46)39(51)26-53-31-10-8-30(41)9-11-31/h3-14,23,27-28H,15-22,24-26H2,1-2H3. The van der Waals surface area contributed by atoms with Gasteiger partial charge in [-0.3, -0.25) is 28.8 Å². The molecule has 0 atom stereocenters. The van der Waals surface area contributed by atoms with Crippen LogP contribution in [-0.4, -0.2) is 118 Å². The zero-order chi connectivity index (χ0) is 37.6. The molecule has 0 saturated carbocycles. The van der Waals surface area contributed by atoms with E-state index in [-0.39, 0.29) is 36.5 Å². The van der Waals surface area contributed by atoms with Gasteiger partial charge in [-0.2, -0.15) is 0 Å². The van der Waals surface area contributed by atoms with Crippen LogP contribution in [0, 0.1) is 0 Å². The Morgan fingerprint density at radius 3 is 2.33 bits per heavy atom. The number of carbonyl (C=O) groups is 2. The number of carbonyl (C=O) groups excluding carboxylic acids is 2. The van der Waals surface area contributed by atoms with E-state index in [1.54, 1.807) is 70.5 Å². The van der Waals surface area contributed by atoms with E-state index in [9.17, 15) is 14.4 Å². The molecule has 13 nitrogen and oxygen atoms in total. The van der Waals surface area contributed by atoms with Gasteiger partial charge >= 0.3 is 0 Å². The number of anilines is 1. The van der Waals surface area contributed by atoms with Crippen molar-refractivity contribution in [3.63, 3.8) is 0 Å². The molecule has 1 amide bonds. The molecule has 5 aromatic rings. The van der Waals surface area contributed by atoms with Crippen molar-refractivity contribution in [3.8, 4) is 17.2 Å². The molecule has 2 aliphatic rings. The van der Waals surface area contributed by atoms with Crippen LogP contribution in [0.1, 0.15) is 30.0 Å². The number of nitrogens with zero attached hydrogens (tertiary/aromatic N) is 8. The molecule has 0 aliphatic carbocycles. The third-order valence-corrected chi connectivity index (χ3v) is 9.88. The van der Waals surface area contributed by atoms with Crippen LogP contribution in [0.4, 0.5) is 5.82 Å². The highest BCUT2D eigenvalue weighted by Gasteiger charge is 2.26. The van der Waals surface area contributed by atoms with E-state index >= 15 is 0 Å². The van der Waals surface area contributed by atoms with Crippen molar-refractivity contribution in [2.75, 3.05) is 70.4 Å². The lowest BCUT2D eigenvalue weighted by Gasteiger charge is -2.35. The first-order chi connectivity index (χ1) is 26.2. The third-order valence-electron chi connectivity index (χ3n) is 9.63. The quantitative estimate of drug-likeness (QED) is 0.169. The summed E-state index contributed by atoms with van der Waals surface area (Å²) in [6.07, 6.45) is 3.09. The first kappa shape index (κ1) is 37.0. The van der Waals surface area contributed by atoms with Crippen LogP contribution in [0.2, 0.25) is 5.02 Å². The summed E-state index contributed by atoms with van der Waals surface area (Å²) in [5.41, 5.74) is 1.29. The minimum Gasteiger partial charge on any atom is -0.489 e. The van der Waals surface area contributed by atoms with Crippen LogP contribution in [-0.2, 0) is 11.3 Å². The van der Waals surface area contributed by atoms with Crippen molar-refractivity contribution in [1.82, 2.24) is 34.2 Å². The number of para-hydroxylation sites is 1. The normalized spacial score (nSPS) is 15.5. The van der Waals surface area contributed by atoms with Crippen molar-refractivity contribution in [3.05, 3.63) is 112 Å². The van der Waals surface area contributed by atoms with E-state index < -0.39 is 0 Å². The number of benzene rings is 3. The second kappa shape index (κ2) is 16.8. The number of fused-ring (bicyclic) bond motifs is 1. The number of ether oxygens (including phenoxy) is 2. The van der Waals surface area contributed by atoms with Gasteiger partial charge in [-0.1, -0.05) is 23.7 Å². The van der Waals surface area contributed by atoms with Crippen LogP contribution < -0.4 is 19.9 Å². The van der Waals surface area contributed by atoms with Crippen LogP contribution in [0.25, 0.3) is 16.6 Å². The van der Waals surface area contributed by atoms with Crippen molar-refractivity contribution in [1.29, 1.82) is 0 Å². The van der Waals surface area contributed by atoms with Crippen LogP contribution >= 0.6 is 11.6 Å². The summed E-state index contributed by atoms with van der Waals surface area (Å²) in [5, 5.41) is 1.06. The Morgan fingerprint density at radius 2 is 1.61 bits per heavy atom. The van der Waals surface area contributed by atoms with E-state index in [0.717, 1.165) is 18.9 Å². The average molecular weight is 751 g/mol. The molecule has 14 heteroatoms. The zero-order valence-corrected chi connectivity index (χ0v) is 31.2. The Balaban J connectivity index is 1.10. The SMILES string of the molecule is CC(C)Oc1ccc(C(=O)CN2CCN(c3ccncn3)CC2)cc1-n1c(CN2CCN(C(=O)COc3ccc(Cl)cc3)CC2)nc2ccccc2c1=O. The number of rotatable bonds is 12. The maximum atomic E-state index is 14.4. The summed E-state index contributed by atoms with van der Waals surface area (Å²) >= 11 is 5.96. The molecule has 2 aromatic heterocycles. The fourth-order valence-corrected chi connectivity index (χ4v) is 6.90. The Hall–Kier alpha value is -5.37. The molecule has 2 aliphatic heterocycles. The first-order valence-electron chi connectivity index (χ1n) is 18.2. The van der Waals surface area contributed by atoms with Crippen molar-refractivity contribution in [2.45, 2.75) is 26.5 Å². The number of aromatic nitrogens is 4. The lowest BCUT2D eigenvalue weighted by Crippen LogP contribution is -2.50. The first-order valence-corrected chi connectivity index (χ1v) is 18.6. The molecular weight excluding hydrogens is 708 g/mol. The van der Waals surface area contributed by atoms with Crippen molar-refractivity contribution in [2.24, 2.45) is 0 Å². The highest BCUT2D eigenvalue weighted by Crippen LogP contribution is 2.28. The van der Waals surface area contributed by atoms with Gasteiger partial charge < -0.3 is 19.3 Å². The summed E-state index contributed by atoms with van der Waals surface area (Å²) in [6.45, 7) is 9.44. The fraction of sp³-hybridized carbons (Fsp3) is 0.350. The van der Waals surface area contributed by atoms with Gasteiger partial charge in [0.2, 0.25) is 0 Å². The second-order valence-corrected chi connectivity index (χ2v) is 14.1. The molecule has 54 heavy (non-hydrogen) atoms. The zero-order valence-electron chi connectivity index (χ0n) is 30.4. The van der Waals surface area contributed by atoms with Gasteiger partial charge in [-0.05, 0) is 74.5 Å². The molecule has 4 heterocycles. The van der Waals surface area contributed by atoms with Crippen LogP contribution in [0.3, 0.4) is 0 Å². The summed E-state index contributed by atoms with van der Waals surface area (Å²) in [5.74, 6) is 2.31. The van der Waals surface area contributed by atoms with Gasteiger partial charge in [0, 0.05) is 69.1 Å². The number of halogens is 1. The number of Topliss-reactive ketones (excluding diaryl/α,β-unsaturated/α-hetero) is 1. The largest absolute Gasteiger partial charge is 0.489 e. The summed E-state index contributed by atoms with van der Waals surface area (Å²) in [4.78, 5) is 62.9. The van der Waals surface area contributed by atoms with Crippen LogP contribution in [0.15, 0.2) is 90.1 Å². The second-order valence-electron chi connectivity index (χ2n) is 13.7. The van der Waals surface area contributed by atoms with E-state index in [1.807, 2.05) is 38.1 Å². The Morgan fingerprint density at radius 1 is 0.870 bits per heavy atom. The predicted octanol–water partition coefficient (Wildman–Crippen LogP) is 4.34. The molecule has 0 radical (unpaired) electrons. The molecule has 3 aromatic carbocycles. The van der Waals surface area contributed by atoms with Gasteiger partial charge in [0.15, 0.2) is 12.4 Å². The fourth-order valence-electron chi connectivity index (χ4n) is 6.78. The van der Waals surface area contributed by atoms with Crippen LogP contribution in [0.5, 0.6) is 11.5 Å². The molecule has 0 unspecified atom stereocenters.